The van der Waals surface area contributed by atoms with E-state index in [4.69, 9.17) is 9.97 Å². The van der Waals surface area contributed by atoms with Crippen molar-refractivity contribution in [3.05, 3.63) is 180 Å². The van der Waals surface area contributed by atoms with Gasteiger partial charge in [-0.25, -0.2) is 9.97 Å². The van der Waals surface area contributed by atoms with Crippen molar-refractivity contribution in [1.29, 1.82) is 0 Å². The van der Waals surface area contributed by atoms with Crippen molar-refractivity contribution in [2.75, 3.05) is 0 Å². The van der Waals surface area contributed by atoms with Crippen molar-refractivity contribution >= 4 is 11.0 Å². The number of hydrogen-bond donors (Lipinski definition) is 0. The highest BCUT2D eigenvalue weighted by molar-refractivity contribution is 5.94. The lowest BCUT2D eigenvalue weighted by molar-refractivity contribution is 0.660. The van der Waals surface area contributed by atoms with Crippen molar-refractivity contribution in [3.8, 4) is 67.0 Å². The summed E-state index contributed by atoms with van der Waals surface area (Å²) in [6.07, 6.45) is 0. The third-order valence-electron chi connectivity index (χ3n) is 11.7. The molecule has 2 aliphatic carbocycles. The smallest absolute Gasteiger partial charge is 0.160 e. The lowest BCUT2D eigenvalue weighted by Crippen LogP contribution is -2.16. The molecule has 10 rings (SSSR count). The Morgan fingerprint density at radius 2 is 0.808 bits per heavy atom. The SMILES string of the molecule is CC1(C)c2ccccc2-c2ccc(-c3ccccc3-c3ccc4ccc(-c5ccccc5-c5cccc6c5C(C)(C)c5ccccc5-6)nc4n3)cc21. The van der Waals surface area contributed by atoms with E-state index in [1.54, 1.807) is 0 Å². The van der Waals surface area contributed by atoms with Crippen LogP contribution in [-0.2, 0) is 10.8 Å². The molecule has 0 radical (unpaired) electrons. The molecule has 8 aromatic rings. The van der Waals surface area contributed by atoms with E-state index in [0.29, 0.717) is 0 Å². The molecule has 0 bridgehead atoms. The van der Waals surface area contributed by atoms with Gasteiger partial charge in [0.05, 0.1) is 11.4 Å². The zero-order chi connectivity index (χ0) is 35.2. The monoisotopic (exact) mass is 666 g/mol. The Labute approximate surface area is 305 Å². The Balaban J connectivity index is 1.07. The number of fused-ring (bicyclic) bond motifs is 7. The van der Waals surface area contributed by atoms with Gasteiger partial charge in [0.1, 0.15) is 0 Å². The molecule has 0 saturated carbocycles. The second-order valence-corrected chi connectivity index (χ2v) is 15.4. The van der Waals surface area contributed by atoms with Crippen molar-refractivity contribution in [1.82, 2.24) is 9.97 Å². The summed E-state index contributed by atoms with van der Waals surface area (Å²) >= 11 is 0. The molecule has 248 valence electrons. The van der Waals surface area contributed by atoms with E-state index in [-0.39, 0.29) is 10.8 Å². The quantitative estimate of drug-likeness (QED) is 0.187. The van der Waals surface area contributed by atoms with Crippen LogP contribution in [0.3, 0.4) is 0 Å². The summed E-state index contributed by atoms with van der Waals surface area (Å²) in [5.74, 6) is 0. The molecule has 0 spiro atoms. The van der Waals surface area contributed by atoms with Crippen LogP contribution < -0.4 is 0 Å². The maximum atomic E-state index is 5.27. The van der Waals surface area contributed by atoms with Crippen LogP contribution in [-0.4, -0.2) is 9.97 Å². The molecule has 2 aliphatic rings. The molecular formula is C50H38N2. The molecule has 0 aliphatic heterocycles. The molecule has 0 saturated heterocycles. The summed E-state index contributed by atoms with van der Waals surface area (Å²) < 4.78 is 0. The van der Waals surface area contributed by atoms with Gasteiger partial charge >= 0.3 is 0 Å². The number of nitrogens with zero attached hydrogens (tertiary/aromatic N) is 2. The predicted molar refractivity (Wildman–Crippen MR) is 216 cm³/mol. The molecule has 2 heteroatoms. The zero-order valence-corrected chi connectivity index (χ0v) is 29.9. The first kappa shape index (κ1) is 30.7. The van der Waals surface area contributed by atoms with E-state index in [0.717, 1.165) is 33.5 Å². The van der Waals surface area contributed by atoms with Gasteiger partial charge in [-0.1, -0.05) is 155 Å². The third kappa shape index (κ3) is 4.43. The zero-order valence-electron chi connectivity index (χ0n) is 29.9. The van der Waals surface area contributed by atoms with Gasteiger partial charge < -0.3 is 0 Å². The van der Waals surface area contributed by atoms with Crippen LogP contribution >= 0.6 is 0 Å². The van der Waals surface area contributed by atoms with Crippen LogP contribution in [0.15, 0.2) is 158 Å². The highest BCUT2D eigenvalue weighted by Gasteiger charge is 2.38. The molecule has 0 unspecified atom stereocenters. The molecule has 2 nitrogen and oxygen atoms in total. The average Bonchev–Trinajstić information content (AvgIpc) is 3.57. The fourth-order valence-electron chi connectivity index (χ4n) is 9.14. The Hall–Kier alpha value is -6.12. The molecule has 52 heavy (non-hydrogen) atoms. The van der Waals surface area contributed by atoms with Crippen molar-refractivity contribution < 1.29 is 0 Å². The van der Waals surface area contributed by atoms with E-state index < -0.39 is 0 Å². The minimum atomic E-state index is -0.116. The van der Waals surface area contributed by atoms with E-state index in [1.807, 2.05) is 0 Å². The van der Waals surface area contributed by atoms with Gasteiger partial charge in [0, 0.05) is 27.3 Å². The number of pyridine rings is 2. The van der Waals surface area contributed by atoms with E-state index in [2.05, 4.69) is 185 Å². The minimum Gasteiger partial charge on any atom is -0.228 e. The second-order valence-electron chi connectivity index (χ2n) is 15.4. The van der Waals surface area contributed by atoms with Gasteiger partial charge in [0.2, 0.25) is 0 Å². The molecule has 0 amide bonds. The largest absolute Gasteiger partial charge is 0.228 e. The Kier molecular flexibility index (Phi) is 6.60. The van der Waals surface area contributed by atoms with Crippen molar-refractivity contribution in [2.24, 2.45) is 0 Å². The standard InChI is InChI=1S/C50H38N2/c1-49(2)42-22-11-9-16-35(42)37-27-24-32(30-44(37)49)33-14-5-7-18-38(33)45-28-25-31-26-29-46(52-48(31)51-45)39-19-8-6-15-34(39)40-20-13-21-41-36-17-10-12-23-43(36)50(3,4)47(40)41/h5-30H,1-4H3. The lowest BCUT2D eigenvalue weighted by Gasteiger charge is -2.25. The maximum Gasteiger partial charge on any atom is 0.160 e. The van der Waals surface area contributed by atoms with Crippen LogP contribution in [0.25, 0.3) is 78.1 Å². The highest BCUT2D eigenvalue weighted by Crippen LogP contribution is 2.53. The Bertz CT molecular complexity index is 2750. The fraction of sp³-hybridized carbons (Fsp3) is 0.120. The first-order chi connectivity index (χ1) is 25.3. The first-order valence-electron chi connectivity index (χ1n) is 18.3. The number of hydrogen-bond acceptors (Lipinski definition) is 2. The normalized spacial score (nSPS) is 14.5. The summed E-state index contributed by atoms with van der Waals surface area (Å²) in [4.78, 5) is 10.5. The van der Waals surface area contributed by atoms with E-state index in [9.17, 15) is 0 Å². The number of benzene rings is 6. The van der Waals surface area contributed by atoms with E-state index in [1.165, 1.54) is 66.8 Å². The highest BCUT2D eigenvalue weighted by atomic mass is 14.9. The van der Waals surface area contributed by atoms with Crippen molar-refractivity contribution in [3.63, 3.8) is 0 Å². The average molecular weight is 667 g/mol. The van der Waals surface area contributed by atoms with Crippen molar-refractivity contribution in [2.45, 2.75) is 38.5 Å². The Morgan fingerprint density at radius 1 is 0.346 bits per heavy atom. The lowest BCUT2D eigenvalue weighted by atomic mass is 9.78. The third-order valence-corrected chi connectivity index (χ3v) is 11.7. The van der Waals surface area contributed by atoms with Crippen LogP contribution in [0.4, 0.5) is 0 Å². The van der Waals surface area contributed by atoms with Gasteiger partial charge in [-0.05, 0) is 97.1 Å². The predicted octanol–water partition coefficient (Wildman–Crippen LogP) is 12.9. The molecule has 0 N–H and O–H groups in total. The van der Waals surface area contributed by atoms with Gasteiger partial charge in [0.15, 0.2) is 5.65 Å². The minimum absolute atomic E-state index is 0.0613. The van der Waals surface area contributed by atoms with Gasteiger partial charge in [-0.15, -0.1) is 0 Å². The topological polar surface area (TPSA) is 25.8 Å². The van der Waals surface area contributed by atoms with Gasteiger partial charge in [0.25, 0.3) is 0 Å². The molecule has 6 aromatic carbocycles. The van der Waals surface area contributed by atoms with Crippen LogP contribution in [0.2, 0.25) is 0 Å². The molecule has 0 fully saturated rings. The Morgan fingerprint density at radius 3 is 1.46 bits per heavy atom. The fourth-order valence-corrected chi connectivity index (χ4v) is 9.14. The maximum absolute atomic E-state index is 5.27. The molecule has 0 atom stereocenters. The van der Waals surface area contributed by atoms with E-state index >= 15 is 0 Å². The second kappa shape index (κ2) is 11.2. The number of rotatable bonds is 4. The summed E-state index contributed by atoms with van der Waals surface area (Å²) in [5, 5.41) is 1.02. The molecule has 2 heterocycles. The summed E-state index contributed by atoms with van der Waals surface area (Å²) in [5.41, 5.74) is 20.3. The van der Waals surface area contributed by atoms with Crippen LogP contribution in [0.5, 0.6) is 0 Å². The first-order valence-corrected chi connectivity index (χ1v) is 18.3. The summed E-state index contributed by atoms with van der Waals surface area (Å²) in [6, 6.07) is 57.3. The van der Waals surface area contributed by atoms with Gasteiger partial charge in [-0.3, -0.25) is 0 Å². The molecular weight excluding hydrogens is 629 g/mol. The molecule has 2 aromatic heterocycles. The summed E-state index contributed by atoms with van der Waals surface area (Å²) in [6.45, 7) is 9.38. The number of aromatic nitrogens is 2. The van der Waals surface area contributed by atoms with Crippen LogP contribution in [0, 0.1) is 0 Å². The van der Waals surface area contributed by atoms with Crippen LogP contribution in [0.1, 0.15) is 49.9 Å². The summed E-state index contributed by atoms with van der Waals surface area (Å²) in [7, 11) is 0. The van der Waals surface area contributed by atoms with Gasteiger partial charge in [-0.2, -0.15) is 0 Å².